The molecule has 0 fully saturated rings. The second kappa shape index (κ2) is 6.02. The quantitative estimate of drug-likeness (QED) is 0.756. The lowest BCUT2D eigenvalue weighted by atomic mass is 9.89. The molecule has 0 bridgehead atoms. The summed E-state index contributed by atoms with van der Waals surface area (Å²) in [5.74, 6) is 0. The van der Waals surface area contributed by atoms with Crippen molar-refractivity contribution in [3.05, 3.63) is 0 Å². The molecule has 0 radical (unpaired) electrons. The number of aliphatic hydroxyl groups is 1. The largest absolute Gasteiger partial charge is 0.411 e. The first-order chi connectivity index (χ1) is 8.68. The fourth-order valence-electron chi connectivity index (χ4n) is 2.15. The topological polar surface area (TPSA) is 54.2 Å². The van der Waals surface area contributed by atoms with Gasteiger partial charge in [0.15, 0.2) is 8.32 Å². The van der Waals surface area contributed by atoms with Gasteiger partial charge in [0.05, 0.1) is 19.3 Å². The van der Waals surface area contributed by atoms with Crippen molar-refractivity contribution in [2.24, 2.45) is 10.2 Å². The van der Waals surface area contributed by atoms with E-state index in [2.05, 4.69) is 51.0 Å². The molecule has 0 aromatic carbocycles. The van der Waals surface area contributed by atoms with E-state index in [1.54, 1.807) is 0 Å². The van der Waals surface area contributed by atoms with Crippen LogP contribution in [0.25, 0.3) is 0 Å². The fraction of sp³-hybridized carbons (Fsp3) is 1.00. The molecule has 1 aliphatic rings. The summed E-state index contributed by atoms with van der Waals surface area (Å²) in [6.45, 7) is 14.1. The zero-order valence-corrected chi connectivity index (χ0v) is 14.4. The van der Waals surface area contributed by atoms with E-state index in [-0.39, 0.29) is 17.7 Å². The molecular formula is C14H30N2O2Si. The van der Waals surface area contributed by atoms with Crippen molar-refractivity contribution < 1.29 is 9.53 Å². The van der Waals surface area contributed by atoms with Crippen molar-refractivity contribution in [1.82, 2.24) is 0 Å². The minimum Gasteiger partial charge on any atom is -0.411 e. The average molecular weight is 286 g/mol. The average Bonchev–Trinajstić information content (AvgIpc) is 2.76. The van der Waals surface area contributed by atoms with Crippen LogP contribution in [0.3, 0.4) is 0 Å². The molecule has 1 rings (SSSR count). The van der Waals surface area contributed by atoms with Gasteiger partial charge in [0.25, 0.3) is 0 Å². The highest BCUT2D eigenvalue weighted by Gasteiger charge is 2.47. The van der Waals surface area contributed by atoms with Crippen LogP contribution in [-0.2, 0) is 4.43 Å². The second-order valence-electron chi connectivity index (χ2n) is 7.13. The third-order valence-electron chi connectivity index (χ3n) is 4.58. The van der Waals surface area contributed by atoms with Crippen molar-refractivity contribution in [3.8, 4) is 0 Å². The van der Waals surface area contributed by atoms with Crippen molar-refractivity contribution in [1.29, 1.82) is 0 Å². The number of hydrogen-bond donors (Lipinski definition) is 1. The van der Waals surface area contributed by atoms with Crippen LogP contribution < -0.4 is 0 Å². The Morgan fingerprint density at radius 2 is 2.00 bits per heavy atom. The van der Waals surface area contributed by atoms with Gasteiger partial charge in [-0.15, -0.1) is 0 Å². The minimum absolute atomic E-state index is 0.00496. The molecule has 0 saturated heterocycles. The summed E-state index contributed by atoms with van der Waals surface area (Å²) in [5.41, 5.74) is -0.495. The van der Waals surface area contributed by atoms with Gasteiger partial charge in [0, 0.05) is 6.42 Å². The van der Waals surface area contributed by atoms with E-state index >= 15 is 0 Å². The van der Waals surface area contributed by atoms with Crippen molar-refractivity contribution in [3.63, 3.8) is 0 Å². The van der Waals surface area contributed by atoms with E-state index in [0.717, 1.165) is 19.3 Å². The first-order valence-electron chi connectivity index (χ1n) is 7.36. The maximum Gasteiger partial charge on any atom is 0.192 e. The predicted octanol–water partition coefficient (Wildman–Crippen LogP) is 3.76. The molecule has 0 unspecified atom stereocenters. The van der Waals surface area contributed by atoms with Crippen LogP contribution in [0.1, 0.15) is 47.0 Å². The molecule has 19 heavy (non-hydrogen) atoms. The standard InChI is InChI=1S/C14H30N2O2Si/c1-7-8-12(14(11-17)9-10-15-16-14)18-19(5,6)13(2,3)4/h12,17H,7-11H2,1-6H3/t12-,14+/m1/s1. The van der Waals surface area contributed by atoms with Crippen LogP contribution in [0, 0.1) is 0 Å². The maximum absolute atomic E-state index is 9.79. The van der Waals surface area contributed by atoms with Crippen LogP contribution in [-0.4, -0.2) is 38.2 Å². The van der Waals surface area contributed by atoms with E-state index in [1.807, 2.05) is 0 Å². The van der Waals surface area contributed by atoms with Crippen LogP contribution in [0.4, 0.5) is 0 Å². The van der Waals surface area contributed by atoms with Crippen molar-refractivity contribution in [2.45, 2.75) is 76.7 Å². The first-order valence-corrected chi connectivity index (χ1v) is 10.3. The van der Waals surface area contributed by atoms with Gasteiger partial charge in [-0.25, -0.2) is 0 Å². The smallest absolute Gasteiger partial charge is 0.192 e. The second-order valence-corrected chi connectivity index (χ2v) is 11.9. The molecule has 2 atom stereocenters. The normalized spacial score (nSPS) is 25.8. The maximum atomic E-state index is 9.79. The summed E-state index contributed by atoms with van der Waals surface area (Å²) < 4.78 is 6.55. The van der Waals surface area contributed by atoms with E-state index in [9.17, 15) is 5.11 Å². The van der Waals surface area contributed by atoms with Gasteiger partial charge in [-0.05, 0) is 24.6 Å². The van der Waals surface area contributed by atoms with Crippen LogP contribution >= 0.6 is 0 Å². The molecule has 1 aliphatic heterocycles. The van der Waals surface area contributed by atoms with Gasteiger partial charge < -0.3 is 9.53 Å². The zero-order chi connectivity index (χ0) is 14.7. The lowest BCUT2D eigenvalue weighted by molar-refractivity contribution is 0.0476. The molecule has 0 amide bonds. The van der Waals surface area contributed by atoms with Crippen molar-refractivity contribution in [2.75, 3.05) is 13.2 Å². The number of rotatable bonds is 6. The molecule has 0 aliphatic carbocycles. The lowest BCUT2D eigenvalue weighted by Gasteiger charge is -2.43. The summed E-state index contributed by atoms with van der Waals surface area (Å²) in [6.07, 6.45) is 2.78. The Labute approximate surface area is 118 Å². The molecular weight excluding hydrogens is 256 g/mol. The van der Waals surface area contributed by atoms with Crippen LogP contribution in [0.5, 0.6) is 0 Å². The molecule has 1 heterocycles. The first kappa shape index (κ1) is 16.8. The molecule has 0 aromatic rings. The van der Waals surface area contributed by atoms with E-state index in [4.69, 9.17) is 4.43 Å². The highest BCUT2D eigenvalue weighted by Crippen LogP contribution is 2.41. The summed E-state index contributed by atoms with van der Waals surface area (Å²) >= 11 is 0. The van der Waals surface area contributed by atoms with Crippen molar-refractivity contribution >= 4 is 8.32 Å². The van der Waals surface area contributed by atoms with E-state index in [0.29, 0.717) is 6.54 Å². The van der Waals surface area contributed by atoms with Gasteiger partial charge in [-0.3, -0.25) is 0 Å². The molecule has 5 heteroatoms. The third-order valence-corrected chi connectivity index (χ3v) is 9.07. The molecule has 0 spiro atoms. The molecule has 0 aromatic heterocycles. The highest BCUT2D eigenvalue weighted by atomic mass is 28.4. The van der Waals surface area contributed by atoms with Gasteiger partial charge in [0.1, 0.15) is 5.54 Å². The van der Waals surface area contributed by atoms with Crippen LogP contribution in [0.2, 0.25) is 18.1 Å². The Kier molecular flexibility index (Phi) is 5.32. The molecule has 4 nitrogen and oxygen atoms in total. The van der Waals surface area contributed by atoms with Gasteiger partial charge >= 0.3 is 0 Å². The van der Waals surface area contributed by atoms with E-state index in [1.165, 1.54) is 0 Å². The van der Waals surface area contributed by atoms with E-state index < -0.39 is 13.9 Å². The number of aliphatic hydroxyl groups excluding tert-OH is 1. The summed E-state index contributed by atoms with van der Waals surface area (Å²) in [6, 6.07) is 0. The number of azo groups is 1. The Bertz CT molecular complexity index is 326. The molecule has 112 valence electrons. The fourth-order valence-corrected chi connectivity index (χ4v) is 3.56. The lowest BCUT2D eigenvalue weighted by Crippen LogP contribution is -2.52. The summed E-state index contributed by atoms with van der Waals surface area (Å²) in [7, 11) is -1.85. The number of hydrogen-bond acceptors (Lipinski definition) is 4. The van der Waals surface area contributed by atoms with Crippen LogP contribution in [0.15, 0.2) is 10.2 Å². The zero-order valence-electron chi connectivity index (χ0n) is 13.4. The van der Waals surface area contributed by atoms with Gasteiger partial charge in [-0.2, -0.15) is 10.2 Å². The Hall–Kier alpha value is -0.263. The Morgan fingerprint density at radius 1 is 1.37 bits per heavy atom. The predicted molar refractivity (Wildman–Crippen MR) is 81.1 cm³/mol. The number of nitrogens with zero attached hydrogens (tertiary/aromatic N) is 2. The van der Waals surface area contributed by atoms with Gasteiger partial charge in [0.2, 0.25) is 0 Å². The molecule has 1 N–H and O–H groups in total. The molecule has 0 saturated carbocycles. The minimum atomic E-state index is -1.85. The Morgan fingerprint density at radius 3 is 2.37 bits per heavy atom. The highest BCUT2D eigenvalue weighted by molar-refractivity contribution is 6.74. The summed E-state index contributed by atoms with van der Waals surface area (Å²) in [5, 5.41) is 18.4. The summed E-state index contributed by atoms with van der Waals surface area (Å²) in [4.78, 5) is 0. The van der Waals surface area contributed by atoms with Gasteiger partial charge in [-0.1, -0.05) is 34.1 Å². The Balaban J connectivity index is 2.93. The monoisotopic (exact) mass is 286 g/mol. The SMILES string of the molecule is CCC[C@@H](O[Si](C)(C)C(C)(C)C)[C@@]1(CO)CCN=N1. The third kappa shape index (κ3) is 3.64.